The molecule has 142 valence electrons. The van der Waals surface area contributed by atoms with Gasteiger partial charge < -0.3 is 18.8 Å². The molecule has 26 heavy (non-hydrogen) atoms. The molecule has 0 saturated carbocycles. The summed E-state index contributed by atoms with van der Waals surface area (Å²) in [4.78, 5) is 4.25. The number of methoxy groups -OCH3 is 3. The van der Waals surface area contributed by atoms with E-state index in [4.69, 9.17) is 14.2 Å². The van der Waals surface area contributed by atoms with Gasteiger partial charge in [0.05, 0.1) is 37.2 Å². The second-order valence-corrected chi connectivity index (χ2v) is 7.40. The Hall–Kier alpha value is -0.550. The SMILES string of the molecule is COc1ccc(CN2CCN(CCS(=O)(=O)[O-])CC2)c(OC)c1OC.[Na+]. The number of hydrogen-bond acceptors (Lipinski definition) is 8. The normalized spacial score (nSPS) is 16.0. The summed E-state index contributed by atoms with van der Waals surface area (Å²) in [7, 11) is 0.601. The molecule has 1 aromatic rings. The average molecular weight is 396 g/mol. The zero-order valence-corrected chi connectivity index (χ0v) is 18.7. The molecule has 0 atom stereocenters. The molecule has 0 spiro atoms. The number of ether oxygens (including phenoxy) is 3. The van der Waals surface area contributed by atoms with Gasteiger partial charge in [-0.15, -0.1) is 0 Å². The summed E-state index contributed by atoms with van der Waals surface area (Å²) in [6.45, 7) is 4.01. The van der Waals surface area contributed by atoms with Crippen LogP contribution in [0.1, 0.15) is 5.56 Å². The van der Waals surface area contributed by atoms with E-state index >= 15 is 0 Å². The second kappa shape index (κ2) is 10.7. The van der Waals surface area contributed by atoms with Crippen molar-refractivity contribution in [2.75, 3.05) is 59.8 Å². The third kappa shape index (κ3) is 6.56. The monoisotopic (exact) mass is 396 g/mol. The Labute approximate surface area is 177 Å². The molecule has 0 aliphatic carbocycles. The van der Waals surface area contributed by atoms with Crippen molar-refractivity contribution in [2.45, 2.75) is 6.54 Å². The minimum absolute atomic E-state index is 0. The standard InChI is InChI=1S/C16H26N2O6S.Na/c1-22-14-5-4-13(15(23-2)16(14)24-3)12-18-8-6-17(7-9-18)10-11-25(19,20)21;/h4-5H,6-12H2,1-3H3,(H,19,20,21);/q;+1/p-1. The first-order valence-corrected chi connectivity index (χ1v) is 9.61. The molecule has 2 rings (SSSR count). The quantitative estimate of drug-likeness (QED) is 0.349. The van der Waals surface area contributed by atoms with Crippen LogP contribution >= 0.6 is 0 Å². The third-order valence-corrected chi connectivity index (χ3v) is 4.98. The van der Waals surface area contributed by atoms with Crippen molar-refractivity contribution >= 4 is 10.1 Å². The number of rotatable bonds is 8. The second-order valence-electron chi connectivity index (χ2n) is 5.87. The van der Waals surface area contributed by atoms with Crippen LogP contribution in [0.3, 0.4) is 0 Å². The van der Waals surface area contributed by atoms with Gasteiger partial charge in [-0.05, 0) is 6.07 Å². The summed E-state index contributed by atoms with van der Waals surface area (Å²) in [5.41, 5.74) is 0.996. The van der Waals surface area contributed by atoms with Gasteiger partial charge in [-0.3, -0.25) is 9.80 Å². The molecule has 0 N–H and O–H groups in total. The number of piperazine rings is 1. The average Bonchev–Trinajstić information content (AvgIpc) is 2.59. The fraction of sp³-hybridized carbons (Fsp3) is 0.625. The van der Waals surface area contributed by atoms with E-state index in [2.05, 4.69) is 4.90 Å². The molecule has 8 nitrogen and oxygen atoms in total. The van der Waals surface area contributed by atoms with Crippen molar-refractivity contribution in [2.24, 2.45) is 0 Å². The van der Waals surface area contributed by atoms with Crippen molar-refractivity contribution in [1.82, 2.24) is 9.80 Å². The van der Waals surface area contributed by atoms with E-state index in [1.54, 1.807) is 21.3 Å². The van der Waals surface area contributed by atoms with E-state index in [-0.39, 0.29) is 35.3 Å². The van der Waals surface area contributed by atoms with Gasteiger partial charge in [0.1, 0.15) is 0 Å². The smallest absolute Gasteiger partial charge is 0.748 e. The Morgan fingerprint density at radius 1 is 0.962 bits per heavy atom. The molecule has 1 fully saturated rings. The van der Waals surface area contributed by atoms with Crippen LogP contribution in [0.4, 0.5) is 0 Å². The van der Waals surface area contributed by atoms with Crippen molar-refractivity contribution in [3.05, 3.63) is 17.7 Å². The first kappa shape index (κ1) is 23.5. The van der Waals surface area contributed by atoms with Gasteiger partial charge in [0.2, 0.25) is 5.75 Å². The van der Waals surface area contributed by atoms with Gasteiger partial charge in [0, 0.05) is 44.8 Å². The van der Waals surface area contributed by atoms with Crippen molar-refractivity contribution in [1.29, 1.82) is 0 Å². The Balaban J connectivity index is 0.00000338. The van der Waals surface area contributed by atoms with Crippen LogP contribution in [-0.4, -0.2) is 82.6 Å². The maximum Gasteiger partial charge on any atom is 1.00 e. The molecule has 0 aromatic heterocycles. The van der Waals surface area contributed by atoms with E-state index < -0.39 is 10.1 Å². The van der Waals surface area contributed by atoms with Crippen LogP contribution < -0.4 is 43.8 Å². The van der Waals surface area contributed by atoms with Gasteiger partial charge in [-0.2, -0.15) is 0 Å². The molecule has 10 heteroatoms. The summed E-state index contributed by atoms with van der Waals surface area (Å²) in [6.07, 6.45) is 0. The fourth-order valence-electron chi connectivity index (χ4n) is 2.94. The Morgan fingerprint density at radius 3 is 2.04 bits per heavy atom. The Morgan fingerprint density at radius 2 is 1.54 bits per heavy atom. The third-order valence-electron chi connectivity index (χ3n) is 4.30. The number of hydrogen-bond donors (Lipinski definition) is 0. The largest absolute Gasteiger partial charge is 1.00 e. The molecule has 0 amide bonds. The predicted octanol–water partition coefficient (Wildman–Crippen LogP) is -2.62. The maximum atomic E-state index is 10.7. The van der Waals surface area contributed by atoms with Crippen LogP contribution in [-0.2, 0) is 16.7 Å². The molecular formula is C16H25N2NaO6S. The van der Waals surface area contributed by atoms with E-state index in [1.807, 2.05) is 17.0 Å². The maximum absolute atomic E-state index is 10.7. The molecule has 1 saturated heterocycles. The van der Waals surface area contributed by atoms with Crippen molar-refractivity contribution in [3.8, 4) is 17.2 Å². The summed E-state index contributed by atoms with van der Waals surface area (Å²) >= 11 is 0. The molecule has 1 aromatic carbocycles. The molecular weight excluding hydrogens is 371 g/mol. The first-order chi connectivity index (χ1) is 11.9. The number of nitrogens with zero attached hydrogens (tertiary/aromatic N) is 2. The fourth-order valence-corrected chi connectivity index (χ4v) is 3.42. The Kier molecular flexibility index (Phi) is 9.67. The van der Waals surface area contributed by atoms with Crippen LogP contribution in [0.15, 0.2) is 12.1 Å². The van der Waals surface area contributed by atoms with E-state index in [0.717, 1.165) is 31.7 Å². The van der Waals surface area contributed by atoms with E-state index in [1.165, 1.54) is 0 Å². The van der Waals surface area contributed by atoms with Crippen LogP contribution in [0.5, 0.6) is 17.2 Å². The predicted molar refractivity (Wildman–Crippen MR) is 92.4 cm³/mol. The summed E-state index contributed by atoms with van der Waals surface area (Å²) in [5.74, 6) is 1.51. The van der Waals surface area contributed by atoms with Crippen molar-refractivity contribution in [3.63, 3.8) is 0 Å². The Bertz CT molecular complexity index is 678. The summed E-state index contributed by atoms with van der Waals surface area (Å²) < 4.78 is 48.4. The topological polar surface area (TPSA) is 91.4 Å². The molecule has 1 aliphatic heterocycles. The zero-order valence-electron chi connectivity index (χ0n) is 15.9. The number of benzene rings is 1. The first-order valence-electron chi connectivity index (χ1n) is 8.04. The molecule has 0 radical (unpaired) electrons. The minimum atomic E-state index is -4.16. The van der Waals surface area contributed by atoms with Gasteiger partial charge >= 0.3 is 29.6 Å². The van der Waals surface area contributed by atoms with Gasteiger partial charge in [-0.1, -0.05) is 6.07 Å². The van der Waals surface area contributed by atoms with Gasteiger partial charge in [0.25, 0.3) is 0 Å². The van der Waals surface area contributed by atoms with E-state index in [0.29, 0.717) is 30.3 Å². The van der Waals surface area contributed by atoms with Crippen molar-refractivity contribution < 1.29 is 56.7 Å². The molecule has 0 unspecified atom stereocenters. The van der Waals surface area contributed by atoms with Gasteiger partial charge in [-0.25, -0.2) is 8.42 Å². The van der Waals surface area contributed by atoms with Gasteiger partial charge in [0.15, 0.2) is 11.5 Å². The summed E-state index contributed by atoms with van der Waals surface area (Å²) in [6, 6.07) is 3.81. The minimum Gasteiger partial charge on any atom is -0.748 e. The molecule has 1 heterocycles. The van der Waals surface area contributed by atoms with Crippen LogP contribution in [0, 0.1) is 0 Å². The zero-order chi connectivity index (χ0) is 18.4. The van der Waals surface area contributed by atoms with Crippen LogP contribution in [0.25, 0.3) is 0 Å². The van der Waals surface area contributed by atoms with E-state index in [9.17, 15) is 13.0 Å². The molecule has 1 aliphatic rings. The molecule has 0 bridgehead atoms. The summed E-state index contributed by atoms with van der Waals surface area (Å²) in [5, 5.41) is 0. The van der Waals surface area contributed by atoms with Crippen LogP contribution in [0.2, 0.25) is 0 Å².